The zero-order valence-electron chi connectivity index (χ0n) is 27.8. The lowest BCUT2D eigenvalue weighted by molar-refractivity contribution is 0.00764. The number of hydrogen-bond acceptors (Lipinski definition) is 0. The first-order chi connectivity index (χ1) is 18.8. The van der Waals surface area contributed by atoms with Gasteiger partial charge in [0.2, 0.25) is 0 Å². The Morgan fingerprint density at radius 2 is 1.18 bits per heavy atom. The number of rotatable bonds is 5. The maximum absolute atomic E-state index is 2.62. The van der Waals surface area contributed by atoms with Crippen LogP contribution in [0.3, 0.4) is 0 Å². The molecular weight excluding hydrogens is 468 g/mol. The van der Waals surface area contributed by atoms with Crippen molar-refractivity contribution in [1.82, 2.24) is 0 Å². The molecule has 5 aliphatic rings. The molecule has 0 spiro atoms. The molecule has 0 amide bonds. The van der Waals surface area contributed by atoms with E-state index >= 15 is 0 Å². The monoisotopic (exact) mass is 541 g/mol. The lowest BCUT2D eigenvalue weighted by Gasteiger charge is -2.48. The lowest BCUT2D eigenvalue weighted by atomic mass is 9.57. The van der Waals surface area contributed by atoms with E-state index in [9.17, 15) is 0 Å². The minimum atomic E-state index is 0.545. The summed E-state index contributed by atoms with van der Waals surface area (Å²) in [6, 6.07) is 0. The number of unbranched alkanes of at least 4 members (excludes halogenated alkanes) is 1. The Morgan fingerprint density at radius 1 is 0.564 bits per heavy atom. The van der Waals surface area contributed by atoms with Crippen LogP contribution in [-0.4, -0.2) is 0 Å². The molecule has 9 unspecified atom stereocenters. The van der Waals surface area contributed by atoms with Gasteiger partial charge in [-0.05, 0) is 110 Å². The van der Waals surface area contributed by atoms with Crippen molar-refractivity contribution in [3.8, 4) is 0 Å². The summed E-state index contributed by atoms with van der Waals surface area (Å²) in [6.45, 7) is 14.8. The number of fused-ring (bicyclic) bond motifs is 1. The standard InChI is InChI=1S/C23H42.C16H30/c1-3-4-15-21-18(2)17-20-14-11-16-22(20)23(21)19-12-9-7-5-6-8-10-13-19;1-12-8-9-14(10-12)13-6-5-7-15(11-13)16(2,3)4/h18-23H,3-17H2,1-2H3;12-15H,5-11H2,1-4H3. The summed E-state index contributed by atoms with van der Waals surface area (Å²) < 4.78 is 0. The Hall–Kier alpha value is 0. The van der Waals surface area contributed by atoms with E-state index < -0.39 is 0 Å². The second-order valence-corrected chi connectivity index (χ2v) is 17.1. The third-order valence-electron chi connectivity index (χ3n) is 13.3. The SMILES string of the molecule is CC1CCC(C2CCCC(C(C)(C)C)C2)C1.CCCCC1C(C)CC2CCCC2C1C1CCCCCCCC1. The predicted molar refractivity (Wildman–Crippen MR) is 173 cm³/mol. The molecule has 228 valence electrons. The van der Waals surface area contributed by atoms with E-state index in [0.717, 1.165) is 59.2 Å². The quantitative estimate of drug-likeness (QED) is 0.325. The van der Waals surface area contributed by atoms with Crippen molar-refractivity contribution in [2.24, 2.45) is 64.6 Å². The molecule has 5 aliphatic carbocycles. The summed E-state index contributed by atoms with van der Waals surface area (Å²) in [4.78, 5) is 0. The average Bonchev–Trinajstić information content (AvgIpc) is 3.58. The minimum Gasteiger partial charge on any atom is -0.0654 e. The molecule has 39 heavy (non-hydrogen) atoms. The molecule has 0 heteroatoms. The maximum Gasteiger partial charge on any atom is -0.0324 e. The molecule has 5 saturated carbocycles. The van der Waals surface area contributed by atoms with E-state index in [1.807, 2.05) is 0 Å². The molecule has 0 aromatic carbocycles. The summed E-state index contributed by atoms with van der Waals surface area (Å²) in [7, 11) is 0. The molecule has 0 aromatic rings. The van der Waals surface area contributed by atoms with Gasteiger partial charge in [0.1, 0.15) is 0 Å². The zero-order valence-corrected chi connectivity index (χ0v) is 27.8. The summed E-state index contributed by atoms with van der Waals surface area (Å²) >= 11 is 0. The molecule has 9 atom stereocenters. The highest BCUT2D eigenvalue weighted by Crippen LogP contribution is 2.55. The van der Waals surface area contributed by atoms with E-state index in [2.05, 4.69) is 41.5 Å². The van der Waals surface area contributed by atoms with Crippen LogP contribution in [0.5, 0.6) is 0 Å². The van der Waals surface area contributed by atoms with Crippen molar-refractivity contribution < 1.29 is 0 Å². The first-order valence-electron chi connectivity index (χ1n) is 18.8. The highest BCUT2D eigenvalue weighted by atomic mass is 14.5. The largest absolute Gasteiger partial charge is 0.0654 e. The first kappa shape index (κ1) is 31.9. The topological polar surface area (TPSA) is 0 Å². The molecule has 0 heterocycles. The van der Waals surface area contributed by atoms with Gasteiger partial charge in [-0.1, -0.05) is 138 Å². The second-order valence-electron chi connectivity index (χ2n) is 17.1. The Balaban J connectivity index is 0.000000193. The molecule has 0 saturated heterocycles. The molecule has 0 aliphatic heterocycles. The van der Waals surface area contributed by atoms with Crippen molar-refractivity contribution in [3.05, 3.63) is 0 Å². The van der Waals surface area contributed by atoms with Gasteiger partial charge >= 0.3 is 0 Å². The Labute approximate surface area is 247 Å². The van der Waals surface area contributed by atoms with Gasteiger partial charge in [-0.15, -0.1) is 0 Å². The Kier molecular flexibility index (Phi) is 12.7. The number of hydrogen-bond donors (Lipinski definition) is 0. The van der Waals surface area contributed by atoms with Crippen molar-refractivity contribution in [3.63, 3.8) is 0 Å². The maximum atomic E-state index is 2.62. The third kappa shape index (κ3) is 8.99. The van der Waals surface area contributed by atoms with E-state index in [1.54, 1.807) is 44.9 Å². The van der Waals surface area contributed by atoms with Gasteiger partial charge in [-0.3, -0.25) is 0 Å². The predicted octanol–water partition coefficient (Wildman–Crippen LogP) is 12.9. The van der Waals surface area contributed by atoms with Crippen LogP contribution in [0.25, 0.3) is 0 Å². The molecule has 0 bridgehead atoms. The Bertz CT molecular complexity index is 660. The molecule has 0 nitrogen and oxygen atoms in total. The third-order valence-corrected chi connectivity index (χ3v) is 13.3. The van der Waals surface area contributed by atoms with Gasteiger partial charge in [0, 0.05) is 0 Å². The van der Waals surface area contributed by atoms with Crippen LogP contribution < -0.4 is 0 Å². The molecule has 5 rings (SSSR count). The van der Waals surface area contributed by atoms with Crippen molar-refractivity contribution >= 4 is 0 Å². The van der Waals surface area contributed by atoms with Crippen LogP contribution in [0.2, 0.25) is 0 Å². The summed E-state index contributed by atoms with van der Waals surface area (Å²) in [5, 5.41) is 0. The normalized spacial score (nSPS) is 40.6. The van der Waals surface area contributed by atoms with E-state index in [1.165, 1.54) is 96.3 Å². The molecule has 5 fully saturated rings. The van der Waals surface area contributed by atoms with Crippen molar-refractivity contribution in [2.75, 3.05) is 0 Å². The smallest absolute Gasteiger partial charge is 0.0324 e. The van der Waals surface area contributed by atoms with Crippen LogP contribution in [0, 0.1) is 64.6 Å². The summed E-state index contributed by atoms with van der Waals surface area (Å²) in [5.41, 5.74) is 0.545. The van der Waals surface area contributed by atoms with Crippen LogP contribution >= 0.6 is 0 Å². The average molecular weight is 541 g/mol. The van der Waals surface area contributed by atoms with E-state index in [4.69, 9.17) is 0 Å². The van der Waals surface area contributed by atoms with Gasteiger partial charge < -0.3 is 0 Å². The summed E-state index contributed by atoms with van der Waals surface area (Å²) in [6.07, 6.45) is 33.6. The molecule has 0 N–H and O–H groups in total. The second kappa shape index (κ2) is 15.5. The fourth-order valence-electron chi connectivity index (χ4n) is 11.0. The van der Waals surface area contributed by atoms with Crippen LogP contribution in [0.15, 0.2) is 0 Å². The van der Waals surface area contributed by atoms with Gasteiger partial charge in [-0.2, -0.15) is 0 Å². The van der Waals surface area contributed by atoms with Gasteiger partial charge in [0.25, 0.3) is 0 Å². The Morgan fingerprint density at radius 3 is 1.82 bits per heavy atom. The van der Waals surface area contributed by atoms with E-state index in [-0.39, 0.29) is 0 Å². The highest BCUT2D eigenvalue weighted by Gasteiger charge is 2.47. The fraction of sp³-hybridized carbons (Fsp3) is 1.00. The summed E-state index contributed by atoms with van der Waals surface area (Å²) in [5.74, 6) is 10.7. The van der Waals surface area contributed by atoms with Gasteiger partial charge in [0.15, 0.2) is 0 Å². The van der Waals surface area contributed by atoms with E-state index in [0.29, 0.717) is 5.41 Å². The molecule has 0 aromatic heterocycles. The fourth-order valence-corrected chi connectivity index (χ4v) is 11.0. The lowest BCUT2D eigenvalue weighted by Crippen LogP contribution is -2.41. The van der Waals surface area contributed by atoms with Crippen LogP contribution in [0.1, 0.15) is 183 Å². The highest BCUT2D eigenvalue weighted by molar-refractivity contribution is 4.96. The van der Waals surface area contributed by atoms with Crippen LogP contribution in [-0.2, 0) is 0 Å². The van der Waals surface area contributed by atoms with Crippen molar-refractivity contribution in [2.45, 2.75) is 183 Å². The molecule has 0 radical (unpaired) electrons. The minimum absolute atomic E-state index is 0.545. The first-order valence-corrected chi connectivity index (χ1v) is 18.8. The van der Waals surface area contributed by atoms with Gasteiger partial charge in [-0.25, -0.2) is 0 Å². The molecular formula is C39H72. The van der Waals surface area contributed by atoms with Crippen LogP contribution in [0.4, 0.5) is 0 Å². The van der Waals surface area contributed by atoms with Gasteiger partial charge in [0.05, 0.1) is 0 Å². The zero-order chi connectivity index (χ0) is 27.8. The van der Waals surface area contributed by atoms with Crippen molar-refractivity contribution in [1.29, 1.82) is 0 Å².